The van der Waals surface area contributed by atoms with E-state index in [1.54, 1.807) is 6.07 Å². The molecular formula is C13H17F2NO2. The zero-order valence-corrected chi connectivity index (χ0v) is 10.7. The van der Waals surface area contributed by atoms with E-state index >= 15 is 0 Å². The summed E-state index contributed by atoms with van der Waals surface area (Å²) in [7, 11) is 0. The summed E-state index contributed by atoms with van der Waals surface area (Å²) in [5.74, 6) is 0.141. The van der Waals surface area contributed by atoms with E-state index in [9.17, 15) is 8.78 Å². The predicted octanol–water partition coefficient (Wildman–Crippen LogP) is 3.86. The van der Waals surface area contributed by atoms with Crippen LogP contribution in [0.25, 0.3) is 0 Å². The molecule has 0 saturated heterocycles. The number of alkyl halides is 2. The Balaban J connectivity index is 1.97. The van der Waals surface area contributed by atoms with Gasteiger partial charge in [0.05, 0.1) is 0 Å². The molecule has 0 amide bonds. The Kier molecular flexibility index (Phi) is 3.09. The van der Waals surface area contributed by atoms with Crippen LogP contribution < -0.4 is 14.8 Å². The van der Waals surface area contributed by atoms with Gasteiger partial charge in [-0.05, 0) is 24.0 Å². The van der Waals surface area contributed by atoms with Gasteiger partial charge < -0.3 is 14.8 Å². The Morgan fingerprint density at radius 3 is 2.50 bits per heavy atom. The quantitative estimate of drug-likeness (QED) is 0.892. The molecule has 0 spiro atoms. The third kappa shape index (κ3) is 3.24. The number of hydrogen-bond donors (Lipinski definition) is 1. The van der Waals surface area contributed by atoms with E-state index in [4.69, 9.17) is 0 Å². The van der Waals surface area contributed by atoms with Crippen LogP contribution in [-0.4, -0.2) is 12.8 Å². The first-order valence-electron chi connectivity index (χ1n) is 5.89. The number of rotatable bonds is 3. The minimum absolute atomic E-state index is 0.0701. The van der Waals surface area contributed by atoms with E-state index in [1.807, 2.05) is 0 Å². The minimum Gasteiger partial charge on any atom is -0.395 e. The molecule has 0 aliphatic carbocycles. The fourth-order valence-electron chi connectivity index (χ4n) is 1.64. The molecular weight excluding hydrogens is 240 g/mol. The van der Waals surface area contributed by atoms with E-state index in [0.29, 0.717) is 0 Å². The maximum atomic E-state index is 12.8. The van der Waals surface area contributed by atoms with Gasteiger partial charge in [0.25, 0.3) is 0 Å². The summed E-state index contributed by atoms with van der Waals surface area (Å²) in [6.07, 6.45) is -2.57. The van der Waals surface area contributed by atoms with Crippen molar-refractivity contribution in [2.24, 2.45) is 5.41 Å². The zero-order chi connectivity index (χ0) is 13.4. The minimum atomic E-state index is -3.55. The molecule has 1 aliphatic heterocycles. The van der Waals surface area contributed by atoms with Crippen LogP contribution in [0.1, 0.15) is 27.2 Å². The average molecular weight is 257 g/mol. The Labute approximate surface area is 105 Å². The summed E-state index contributed by atoms with van der Waals surface area (Å²) >= 11 is 0. The molecule has 100 valence electrons. The molecule has 1 N–H and O–H groups in total. The second kappa shape index (κ2) is 4.30. The van der Waals surface area contributed by atoms with Gasteiger partial charge in [0.2, 0.25) is 0 Å². The first kappa shape index (κ1) is 12.9. The first-order chi connectivity index (χ1) is 8.25. The lowest BCUT2D eigenvalue weighted by atomic mass is 9.92. The molecule has 1 aliphatic rings. The number of benzene rings is 1. The lowest BCUT2D eigenvalue weighted by Crippen LogP contribution is -2.25. The molecule has 1 aromatic carbocycles. The Bertz CT molecular complexity index is 441. The maximum absolute atomic E-state index is 12.8. The van der Waals surface area contributed by atoms with Crippen molar-refractivity contribution in [3.63, 3.8) is 0 Å². The highest BCUT2D eigenvalue weighted by Crippen LogP contribution is 2.42. The number of fused-ring (bicyclic) bond motifs is 1. The largest absolute Gasteiger partial charge is 0.586 e. The van der Waals surface area contributed by atoms with Crippen LogP contribution >= 0.6 is 0 Å². The molecule has 1 heterocycles. The zero-order valence-electron chi connectivity index (χ0n) is 10.7. The second-order valence-corrected chi connectivity index (χ2v) is 5.57. The van der Waals surface area contributed by atoms with Gasteiger partial charge in [-0.3, -0.25) is 0 Å². The van der Waals surface area contributed by atoms with Gasteiger partial charge in [-0.1, -0.05) is 20.8 Å². The van der Waals surface area contributed by atoms with Crippen molar-refractivity contribution in [3.8, 4) is 11.5 Å². The van der Waals surface area contributed by atoms with Gasteiger partial charge in [0.1, 0.15) is 0 Å². The third-order valence-corrected chi connectivity index (χ3v) is 2.61. The van der Waals surface area contributed by atoms with Gasteiger partial charge in [0.15, 0.2) is 11.5 Å². The Hall–Kier alpha value is -1.52. The average Bonchev–Trinajstić information content (AvgIpc) is 2.49. The normalized spacial score (nSPS) is 16.7. The van der Waals surface area contributed by atoms with Crippen LogP contribution in [0, 0.1) is 5.41 Å². The maximum Gasteiger partial charge on any atom is 0.586 e. The monoisotopic (exact) mass is 257 g/mol. The van der Waals surface area contributed by atoms with E-state index in [2.05, 4.69) is 35.6 Å². The highest BCUT2D eigenvalue weighted by molar-refractivity contribution is 5.55. The topological polar surface area (TPSA) is 30.5 Å². The summed E-state index contributed by atoms with van der Waals surface area (Å²) in [5.41, 5.74) is 0.982. The van der Waals surface area contributed by atoms with E-state index < -0.39 is 6.29 Å². The third-order valence-electron chi connectivity index (χ3n) is 2.61. The highest BCUT2D eigenvalue weighted by atomic mass is 19.3. The molecule has 3 nitrogen and oxygen atoms in total. The molecule has 0 radical (unpaired) electrons. The fourth-order valence-corrected chi connectivity index (χ4v) is 1.64. The smallest absolute Gasteiger partial charge is 0.395 e. The second-order valence-electron chi connectivity index (χ2n) is 5.57. The standard InChI is InChI=1S/C13H17F2NO2/c1-12(2,3)6-7-16-9-4-5-10-11(8-9)18-13(14,15)17-10/h4-5,8,16H,6-7H2,1-3H3. The molecule has 0 atom stereocenters. The van der Waals surface area contributed by atoms with Crippen LogP contribution in [0.5, 0.6) is 11.5 Å². The summed E-state index contributed by atoms with van der Waals surface area (Å²) in [6, 6.07) is 4.71. The van der Waals surface area contributed by atoms with Gasteiger partial charge in [-0.15, -0.1) is 8.78 Å². The van der Waals surface area contributed by atoms with Crippen LogP contribution in [0.2, 0.25) is 0 Å². The number of anilines is 1. The summed E-state index contributed by atoms with van der Waals surface area (Å²) < 4.78 is 34.3. The molecule has 0 saturated carbocycles. The summed E-state index contributed by atoms with van der Waals surface area (Å²) in [4.78, 5) is 0. The molecule has 1 aromatic rings. The van der Waals surface area contributed by atoms with Crippen molar-refractivity contribution in [3.05, 3.63) is 18.2 Å². The molecule has 5 heteroatoms. The van der Waals surface area contributed by atoms with Crippen molar-refractivity contribution < 1.29 is 18.3 Å². The lowest BCUT2D eigenvalue weighted by Gasteiger charge is -2.18. The van der Waals surface area contributed by atoms with Crippen LogP contribution in [0.3, 0.4) is 0 Å². The highest BCUT2D eigenvalue weighted by Gasteiger charge is 2.43. The van der Waals surface area contributed by atoms with Gasteiger partial charge in [-0.2, -0.15) is 0 Å². The number of hydrogen-bond acceptors (Lipinski definition) is 3. The van der Waals surface area contributed by atoms with Crippen molar-refractivity contribution in [1.82, 2.24) is 0 Å². The van der Waals surface area contributed by atoms with Crippen molar-refractivity contribution in [1.29, 1.82) is 0 Å². The fraction of sp³-hybridized carbons (Fsp3) is 0.538. The van der Waals surface area contributed by atoms with E-state index in [-0.39, 0.29) is 16.9 Å². The SMILES string of the molecule is CC(C)(C)CCNc1ccc2c(c1)OC(F)(F)O2. The van der Waals surface area contributed by atoms with Crippen molar-refractivity contribution >= 4 is 5.69 Å². The molecule has 0 fully saturated rings. The Morgan fingerprint density at radius 1 is 1.17 bits per heavy atom. The Morgan fingerprint density at radius 2 is 1.83 bits per heavy atom. The molecule has 0 unspecified atom stereocenters. The number of ether oxygens (including phenoxy) is 2. The first-order valence-corrected chi connectivity index (χ1v) is 5.89. The molecule has 18 heavy (non-hydrogen) atoms. The molecule has 2 rings (SSSR count). The number of nitrogens with one attached hydrogen (secondary N) is 1. The number of halogens is 2. The van der Waals surface area contributed by atoms with E-state index in [1.165, 1.54) is 12.1 Å². The van der Waals surface area contributed by atoms with Gasteiger partial charge in [0, 0.05) is 18.3 Å². The predicted molar refractivity (Wildman–Crippen MR) is 65.2 cm³/mol. The summed E-state index contributed by atoms with van der Waals surface area (Å²) in [5, 5.41) is 3.18. The van der Waals surface area contributed by atoms with Crippen molar-refractivity contribution in [2.45, 2.75) is 33.5 Å². The van der Waals surface area contributed by atoms with Crippen LogP contribution in [0.15, 0.2) is 18.2 Å². The molecule has 0 aromatic heterocycles. The lowest BCUT2D eigenvalue weighted by molar-refractivity contribution is -0.286. The van der Waals surface area contributed by atoms with Crippen LogP contribution in [-0.2, 0) is 0 Å². The van der Waals surface area contributed by atoms with Crippen molar-refractivity contribution in [2.75, 3.05) is 11.9 Å². The van der Waals surface area contributed by atoms with Gasteiger partial charge in [-0.25, -0.2) is 0 Å². The van der Waals surface area contributed by atoms with Crippen LogP contribution in [0.4, 0.5) is 14.5 Å². The van der Waals surface area contributed by atoms with Gasteiger partial charge >= 0.3 is 6.29 Å². The van der Waals surface area contributed by atoms with E-state index in [0.717, 1.165) is 18.7 Å². The summed E-state index contributed by atoms with van der Waals surface area (Å²) in [6.45, 7) is 7.22. The molecule has 0 bridgehead atoms.